The van der Waals surface area contributed by atoms with Gasteiger partial charge in [0.05, 0.1) is 21.5 Å². The van der Waals surface area contributed by atoms with Crippen molar-refractivity contribution < 1.29 is 40.3 Å². The van der Waals surface area contributed by atoms with Gasteiger partial charge in [-0.25, -0.2) is 14.2 Å². The average molecular weight is 577 g/mol. The molecule has 1 saturated carbocycles. The van der Waals surface area contributed by atoms with Gasteiger partial charge in [0.15, 0.2) is 5.54 Å². The van der Waals surface area contributed by atoms with Crippen LogP contribution in [0.3, 0.4) is 0 Å². The first-order chi connectivity index (χ1) is 16.6. The molecule has 1 aromatic carbocycles. The molecule has 1 aromatic rings. The molecule has 1 fully saturated rings. The van der Waals surface area contributed by atoms with E-state index in [4.69, 9.17) is 39.5 Å². The summed E-state index contributed by atoms with van der Waals surface area (Å²) < 4.78 is 100. The summed E-state index contributed by atoms with van der Waals surface area (Å²) in [5.41, 5.74) is -2.88. The van der Waals surface area contributed by atoms with Crippen LogP contribution in [0, 0.1) is 0 Å². The zero-order chi connectivity index (χ0) is 27.1. The molecule has 1 spiro atoms. The molecule has 1 aliphatic heterocycles. The van der Waals surface area contributed by atoms with Gasteiger partial charge in [-0.05, 0) is 36.6 Å². The zero-order valence-electron chi connectivity index (χ0n) is 17.9. The third kappa shape index (κ3) is 6.52. The van der Waals surface area contributed by atoms with Crippen LogP contribution in [0.25, 0.3) is 0 Å². The van der Waals surface area contributed by atoms with Gasteiger partial charge >= 0.3 is 18.3 Å². The molecule has 36 heavy (non-hydrogen) atoms. The molecule has 1 unspecified atom stereocenters. The third-order valence-corrected chi connectivity index (χ3v) is 6.46. The summed E-state index contributed by atoms with van der Waals surface area (Å²) in [6, 6.07) is 1.74. The highest BCUT2D eigenvalue weighted by Crippen LogP contribution is 2.46. The molecule has 3 nitrogen and oxygen atoms in total. The Labute approximate surface area is 215 Å². The lowest BCUT2D eigenvalue weighted by atomic mass is 9.96. The molecule has 3 rings (SSSR count). The van der Waals surface area contributed by atoms with Gasteiger partial charge in [-0.1, -0.05) is 59.6 Å². The van der Waals surface area contributed by atoms with Crippen LogP contribution in [0.4, 0.5) is 30.7 Å². The maximum Gasteiger partial charge on any atom is 0.399 e. The molecule has 0 radical (unpaired) electrons. The summed E-state index contributed by atoms with van der Waals surface area (Å²) in [5, 5.41) is -0.770. The Morgan fingerprint density at radius 1 is 1.11 bits per heavy atom. The third-order valence-electron chi connectivity index (χ3n) is 5.26. The summed E-state index contributed by atoms with van der Waals surface area (Å²) >= 11 is 17.4. The van der Waals surface area contributed by atoms with Crippen molar-refractivity contribution in [3.05, 3.63) is 80.6 Å². The Morgan fingerprint density at radius 3 is 2.14 bits per heavy atom. The van der Waals surface area contributed by atoms with Gasteiger partial charge in [-0.2, -0.15) is 26.3 Å². The Bertz CT molecular complexity index is 1190. The van der Waals surface area contributed by atoms with Gasteiger partial charge in [-0.15, -0.1) is 0 Å². The van der Waals surface area contributed by atoms with Crippen molar-refractivity contribution in [1.82, 2.24) is 0 Å². The number of allylic oxidation sites excluding steroid dienone is 6. The van der Waals surface area contributed by atoms with Crippen molar-refractivity contribution in [1.29, 1.82) is 0 Å². The molecule has 0 aromatic heterocycles. The molecule has 0 N–H and O–H groups in total. The predicted octanol–water partition coefficient (Wildman–Crippen LogP) is 8.63. The average Bonchev–Trinajstić information content (AvgIpc) is 3.46. The number of cyclic esters (lactones) is 1. The number of esters is 1. The summed E-state index contributed by atoms with van der Waals surface area (Å²) in [6.45, 7) is 3.30. The van der Waals surface area contributed by atoms with Crippen LogP contribution in [0.1, 0.15) is 30.7 Å². The number of nitrogens with zero attached hydrogens (tertiary/aromatic N) is 1. The standard InChI is InChI=1S/C23H15Cl3F7NO2/c1-2-11(3-4-12(10-22(28,29)30)19-34-21(5-6-21)20(35)36-19)17(27)9-14(23(31,32)33)13-7-15(24)18(26)16(25)8-13/h2-4,7-9,14H,1,5-6,10H2/b11-3+,12-4+,17-9-. The first kappa shape index (κ1) is 28.3. The van der Waals surface area contributed by atoms with Crippen LogP contribution < -0.4 is 0 Å². The van der Waals surface area contributed by atoms with Crippen molar-refractivity contribution in [3.8, 4) is 0 Å². The second-order valence-corrected chi connectivity index (χ2v) is 9.17. The normalized spacial score (nSPS) is 19.3. The van der Waals surface area contributed by atoms with E-state index in [1.54, 1.807) is 0 Å². The largest absolute Gasteiger partial charge is 0.406 e. The van der Waals surface area contributed by atoms with Crippen LogP contribution >= 0.6 is 34.8 Å². The SMILES string of the molecule is C=CC(=C\C=C(/CC(F)(F)F)C1=NC2(CC2)C(=O)O1)/C(F)=C/C(c1cc(Cl)c(Cl)c(Cl)c1)C(F)(F)F. The van der Waals surface area contributed by atoms with Gasteiger partial charge in [0.25, 0.3) is 0 Å². The number of carbonyl (C=O) groups is 1. The van der Waals surface area contributed by atoms with E-state index in [1.807, 2.05) is 0 Å². The Balaban J connectivity index is 2.01. The van der Waals surface area contributed by atoms with Crippen LogP contribution in [0.5, 0.6) is 0 Å². The lowest BCUT2D eigenvalue weighted by molar-refractivity contribution is -0.140. The minimum absolute atomic E-state index is 0.190. The topological polar surface area (TPSA) is 38.7 Å². The summed E-state index contributed by atoms with van der Waals surface area (Å²) in [5.74, 6) is -5.34. The minimum atomic E-state index is -4.99. The summed E-state index contributed by atoms with van der Waals surface area (Å²) in [4.78, 5) is 15.8. The van der Waals surface area contributed by atoms with Crippen molar-refractivity contribution >= 4 is 46.7 Å². The number of aliphatic imine (C=N–C) groups is 1. The van der Waals surface area contributed by atoms with Crippen LogP contribution in [-0.2, 0) is 9.53 Å². The van der Waals surface area contributed by atoms with E-state index in [0.29, 0.717) is 12.8 Å². The number of halogens is 10. The van der Waals surface area contributed by atoms with Crippen LogP contribution in [-0.4, -0.2) is 29.8 Å². The molecular formula is C23H15Cl3F7NO2. The van der Waals surface area contributed by atoms with Crippen molar-refractivity contribution in [2.45, 2.75) is 43.1 Å². The fourth-order valence-corrected chi connectivity index (χ4v) is 3.86. The van der Waals surface area contributed by atoms with E-state index in [1.165, 1.54) is 0 Å². The van der Waals surface area contributed by atoms with E-state index >= 15 is 0 Å². The smallest absolute Gasteiger partial charge is 0.399 e. The van der Waals surface area contributed by atoms with Crippen molar-refractivity contribution in [3.63, 3.8) is 0 Å². The van der Waals surface area contributed by atoms with E-state index in [0.717, 1.165) is 30.4 Å². The summed E-state index contributed by atoms with van der Waals surface area (Å²) in [6.07, 6.45) is -8.12. The molecule has 13 heteroatoms. The quantitative estimate of drug-likeness (QED) is 0.141. The fourth-order valence-electron chi connectivity index (χ4n) is 3.25. The molecular weight excluding hydrogens is 562 g/mol. The monoisotopic (exact) mass is 575 g/mol. The fraction of sp³-hybridized carbons (Fsp3) is 0.304. The molecule has 1 atom stereocenters. The zero-order valence-corrected chi connectivity index (χ0v) is 20.2. The molecule has 1 aliphatic carbocycles. The van der Waals surface area contributed by atoms with Gasteiger partial charge in [0.2, 0.25) is 5.90 Å². The molecule has 194 valence electrons. The number of hydrogen-bond acceptors (Lipinski definition) is 3. The second-order valence-electron chi connectivity index (χ2n) is 7.98. The number of alkyl halides is 6. The molecule has 0 saturated heterocycles. The number of rotatable bonds is 7. The maximum atomic E-state index is 14.9. The molecule has 0 bridgehead atoms. The minimum Gasteiger partial charge on any atom is -0.406 e. The van der Waals surface area contributed by atoms with Crippen LogP contribution in [0.15, 0.2) is 65.0 Å². The number of hydrogen-bond donors (Lipinski definition) is 0. The highest BCUT2D eigenvalue weighted by Gasteiger charge is 2.56. The van der Waals surface area contributed by atoms with E-state index < -0.39 is 64.6 Å². The Morgan fingerprint density at radius 2 is 1.69 bits per heavy atom. The molecule has 2 aliphatic rings. The van der Waals surface area contributed by atoms with E-state index in [2.05, 4.69) is 11.6 Å². The highest BCUT2D eigenvalue weighted by molar-refractivity contribution is 6.48. The number of carbonyl (C=O) groups excluding carboxylic acids is 1. The second kappa shape index (κ2) is 10.2. The lowest BCUT2D eigenvalue weighted by Crippen LogP contribution is -2.19. The van der Waals surface area contributed by atoms with Crippen molar-refractivity contribution in [2.75, 3.05) is 0 Å². The number of ether oxygens (including phenoxy) is 1. The molecule has 0 amide bonds. The van der Waals surface area contributed by atoms with E-state index in [9.17, 15) is 35.5 Å². The van der Waals surface area contributed by atoms with Gasteiger partial charge in [-0.3, -0.25) is 0 Å². The number of benzene rings is 1. The first-order valence-corrected chi connectivity index (χ1v) is 11.2. The Kier molecular flexibility index (Phi) is 8.03. The highest BCUT2D eigenvalue weighted by atomic mass is 35.5. The van der Waals surface area contributed by atoms with Crippen LogP contribution in [0.2, 0.25) is 15.1 Å². The van der Waals surface area contributed by atoms with E-state index in [-0.39, 0.29) is 21.1 Å². The predicted molar refractivity (Wildman–Crippen MR) is 122 cm³/mol. The Hall–Kier alpha value is -2.30. The maximum absolute atomic E-state index is 14.9. The summed E-state index contributed by atoms with van der Waals surface area (Å²) in [7, 11) is 0. The first-order valence-electron chi connectivity index (χ1n) is 10.1. The van der Waals surface area contributed by atoms with Gasteiger partial charge in [0.1, 0.15) is 11.7 Å². The van der Waals surface area contributed by atoms with Crippen molar-refractivity contribution in [2.24, 2.45) is 4.99 Å². The molecule has 1 heterocycles. The lowest BCUT2D eigenvalue weighted by Gasteiger charge is -2.19. The van der Waals surface area contributed by atoms with Gasteiger partial charge in [0, 0.05) is 11.1 Å². The van der Waals surface area contributed by atoms with Gasteiger partial charge < -0.3 is 4.74 Å².